The van der Waals surface area contributed by atoms with Crippen molar-refractivity contribution in [3.05, 3.63) is 72.0 Å². The Morgan fingerprint density at radius 2 is 1.79 bits per heavy atom. The second-order valence-corrected chi connectivity index (χ2v) is 9.01. The predicted octanol–water partition coefficient (Wildman–Crippen LogP) is 4.45. The number of benzene rings is 3. The van der Waals surface area contributed by atoms with Gasteiger partial charge in [0.05, 0.1) is 16.3 Å². The number of carbonyl (C=O) groups is 1. The van der Waals surface area contributed by atoms with Crippen LogP contribution in [0.3, 0.4) is 0 Å². The first-order valence-corrected chi connectivity index (χ1v) is 10.7. The molecule has 1 aliphatic rings. The third-order valence-electron chi connectivity index (χ3n) is 5.42. The summed E-state index contributed by atoms with van der Waals surface area (Å²) in [5.74, 6) is 0.720. The highest BCUT2D eigenvalue weighted by molar-refractivity contribution is 7.91. The van der Waals surface area contributed by atoms with E-state index in [2.05, 4.69) is 0 Å². The normalized spacial score (nSPS) is 14.3. The molecule has 6 nitrogen and oxygen atoms in total. The molecule has 0 unspecified atom stereocenters. The van der Waals surface area contributed by atoms with E-state index >= 15 is 0 Å². The van der Waals surface area contributed by atoms with Crippen molar-refractivity contribution in [2.24, 2.45) is 0 Å². The van der Waals surface area contributed by atoms with Crippen molar-refractivity contribution in [3.8, 4) is 0 Å². The van der Waals surface area contributed by atoms with E-state index in [4.69, 9.17) is 4.42 Å². The average molecular weight is 407 g/mol. The van der Waals surface area contributed by atoms with Crippen LogP contribution < -0.4 is 0 Å². The zero-order chi connectivity index (χ0) is 20.2. The molecule has 5 rings (SSSR count). The van der Waals surface area contributed by atoms with Gasteiger partial charge in [0, 0.05) is 29.3 Å². The van der Waals surface area contributed by atoms with Crippen LogP contribution in [0.15, 0.2) is 74.9 Å². The molecule has 0 bridgehead atoms. The number of fused-ring (bicyclic) bond motifs is 4. The number of furan rings is 1. The van der Waals surface area contributed by atoms with Gasteiger partial charge in [0.1, 0.15) is 11.3 Å². The molecule has 0 fully saturated rings. The smallest absolute Gasteiger partial charge is 0.407 e. The van der Waals surface area contributed by atoms with Gasteiger partial charge in [-0.15, -0.1) is 0 Å². The second-order valence-electron chi connectivity index (χ2n) is 7.10. The lowest BCUT2D eigenvalue weighted by molar-refractivity contribution is 0.138. The fourth-order valence-electron chi connectivity index (χ4n) is 3.95. The molecule has 1 aliphatic heterocycles. The molecule has 0 spiro atoms. The van der Waals surface area contributed by atoms with Crippen molar-refractivity contribution in [1.82, 2.24) is 4.90 Å². The van der Waals surface area contributed by atoms with Gasteiger partial charge in [-0.2, -0.15) is 0 Å². The molecule has 1 amide bonds. The van der Waals surface area contributed by atoms with E-state index in [-0.39, 0.29) is 16.3 Å². The van der Waals surface area contributed by atoms with Crippen LogP contribution in [-0.4, -0.2) is 31.1 Å². The summed E-state index contributed by atoms with van der Waals surface area (Å²) in [6.45, 7) is 0.554. The Hall–Kier alpha value is -3.32. The van der Waals surface area contributed by atoms with Gasteiger partial charge in [0.2, 0.25) is 9.84 Å². The maximum atomic E-state index is 13.4. The van der Waals surface area contributed by atoms with E-state index in [0.717, 1.165) is 16.7 Å². The topological polar surface area (TPSA) is 87.8 Å². The first-order valence-electron chi connectivity index (χ1n) is 9.20. The molecule has 0 saturated carbocycles. The zero-order valence-electron chi connectivity index (χ0n) is 15.3. The Bertz CT molecular complexity index is 1380. The van der Waals surface area contributed by atoms with Crippen LogP contribution in [0.1, 0.15) is 11.3 Å². The minimum Gasteiger partial charge on any atom is -0.465 e. The molecule has 3 aromatic carbocycles. The summed E-state index contributed by atoms with van der Waals surface area (Å²) in [5, 5.41) is 11.5. The number of amides is 1. The molecular formula is C22H17NO5S. The van der Waals surface area contributed by atoms with Crippen molar-refractivity contribution in [2.45, 2.75) is 22.8 Å². The fourth-order valence-corrected chi connectivity index (χ4v) is 5.45. The molecule has 4 aromatic rings. The summed E-state index contributed by atoms with van der Waals surface area (Å²) in [4.78, 5) is 13.1. The average Bonchev–Trinajstić information content (AvgIpc) is 3.10. The molecule has 0 radical (unpaired) electrons. The number of hydrogen-bond donors (Lipinski definition) is 1. The van der Waals surface area contributed by atoms with Gasteiger partial charge in [0.15, 0.2) is 0 Å². The molecule has 2 heterocycles. The first kappa shape index (κ1) is 17.8. The van der Waals surface area contributed by atoms with Crippen LogP contribution in [-0.2, 0) is 22.8 Å². The highest BCUT2D eigenvalue weighted by Crippen LogP contribution is 2.35. The van der Waals surface area contributed by atoms with Crippen molar-refractivity contribution in [2.75, 3.05) is 6.54 Å². The van der Waals surface area contributed by atoms with Crippen molar-refractivity contribution >= 4 is 37.7 Å². The van der Waals surface area contributed by atoms with Gasteiger partial charge < -0.3 is 14.4 Å². The monoisotopic (exact) mass is 407 g/mol. The van der Waals surface area contributed by atoms with Gasteiger partial charge in [0.25, 0.3) is 0 Å². The van der Waals surface area contributed by atoms with E-state index in [0.29, 0.717) is 29.3 Å². The van der Waals surface area contributed by atoms with E-state index in [1.54, 1.807) is 36.4 Å². The van der Waals surface area contributed by atoms with Crippen LogP contribution in [0.25, 0.3) is 21.7 Å². The van der Waals surface area contributed by atoms with Crippen LogP contribution in [0.2, 0.25) is 0 Å². The van der Waals surface area contributed by atoms with E-state index in [1.165, 1.54) is 4.90 Å². The molecule has 146 valence electrons. The highest BCUT2D eigenvalue weighted by Gasteiger charge is 2.27. The highest BCUT2D eigenvalue weighted by atomic mass is 32.2. The lowest BCUT2D eigenvalue weighted by atomic mass is 10.1. The van der Waals surface area contributed by atoms with Crippen LogP contribution in [0.5, 0.6) is 0 Å². The summed E-state index contributed by atoms with van der Waals surface area (Å²) in [6.07, 6.45) is -0.522. The largest absolute Gasteiger partial charge is 0.465 e. The number of hydrogen-bond acceptors (Lipinski definition) is 4. The van der Waals surface area contributed by atoms with Crippen molar-refractivity contribution in [3.63, 3.8) is 0 Å². The van der Waals surface area contributed by atoms with E-state index in [9.17, 15) is 18.3 Å². The van der Waals surface area contributed by atoms with E-state index < -0.39 is 15.9 Å². The summed E-state index contributed by atoms with van der Waals surface area (Å²) < 4.78 is 32.7. The van der Waals surface area contributed by atoms with Crippen LogP contribution >= 0.6 is 0 Å². The molecule has 0 aliphatic carbocycles. The minimum atomic E-state index is -3.76. The number of nitrogens with zero attached hydrogens (tertiary/aromatic N) is 1. The second kappa shape index (κ2) is 6.35. The number of sulfone groups is 1. The van der Waals surface area contributed by atoms with Gasteiger partial charge in [-0.1, -0.05) is 36.4 Å². The standard InChI is InChI=1S/C22H17NO5S/c24-22(25)23-11-10-20-18(13-23)17-12-15(8-9-19(17)28-20)29(26,27)21-7-3-5-14-4-1-2-6-16(14)21/h1-9,12H,10-11,13H2,(H,24,25). The molecule has 1 N–H and O–H groups in total. The summed E-state index contributed by atoms with van der Waals surface area (Å²) >= 11 is 0. The molecule has 7 heteroatoms. The minimum absolute atomic E-state index is 0.164. The quantitative estimate of drug-likeness (QED) is 0.530. The van der Waals surface area contributed by atoms with E-state index in [1.807, 2.05) is 24.3 Å². The van der Waals surface area contributed by atoms with Crippen LogP contribution in [0.4, 0.5) is 4.79 Å². The van der Waals surface area contributed by atoms with Gasteiger partial charge in [-0.25, -0.2) is 13.2 Å². The zero-order valence-corrected chi connectivity index (χ0v) is 16.1. The van der Waals surface area contributed by atoms with Crippen LogP contribution in [0, 0.1) is 0 Å². The fraction of sp³-hybridized carbons (Fsp3) is 0.136. The predicted molar refractivity (Wildman–Crippen MR) is 108 cm³/mol. The summed E-state index contributed by atoms with van der Waals surface area (Å²) in [7, 11) is -3.76. The number of carboxylic acid groups (broad SMARTS) is 1. The molecule has 0 saturated heterocycles. The Labute approximate surface area is 166 Å². The third kappa shape index (κ3) is 2.77. The molecule has 0 atom stereocenters. The molecule has 29 heavy (non-hydrogen) atoms. The Balaban J connectivity index is 1.67. The summed E-state index contributed by atoms with van der Waals surface area (Å²) in [5.41, 5.74) is 1.31. The summed E-state index contributed by atoms with van der Waals surface area (Å²) in [6, 6.07) is 17.4. The van der Waals surface area contributed by atoms with Gasteiger partial charge in [-0.05, 0) is 29.7 Å². The lowest BCUT2D eigenvalue weighted by Gasteiger charge is -2.23. The SMILES string of the molecule is O=C(O)N1CCc2oc3ccc(S(=O)(=O)c4cccc5ccccc45)cc3c2C1. The first-order chi connectivity index (χ1) is 13.9. The Morgan fingerprint density at radius 3 is 2.62 bits per heavy atom. The molecule has 1 aromatic heterocycles. The maximum Gasteiger partial charge on any atom is 0.407 e. The number of rotatable bonds is 2. The van der Waals surface area contributed by atoms with Crippen molar-refractivity contribution in [1.29, 1.82) is 0 Å². The van der Waals surface area contributed by atoms with Gasteiger partial charge >= 0.3 is 6.09 Å². The maximum absolute atomic E-state index is 13.4. The molecular weight excluding hydrogens is 390 g/mol. The van der Waals surface area contributed by atoms with Crippen molar-refractivity contribution < 1.29 is 22.7 Å². The third-order valence-corrected chi connectivity index (χ3v) is 7.23. The Kier molecular flexibility index (Phi) is 3.89. The Morgan fingerprint density at radius 1 is 1.00 bits per heavy atom. The lowest BCUT2D eigenvalue weighted by Crippen LogP contribution is -2.34. The van der Waals surface area contributed by atoms with Gasteiger partial charge in [-0.3, -0.25) is 0 Å².